The first-order chi connectivity index (χ1) is 14.4. The number of aliphatic hydroxyl groups is 1. The van der Waals surface area contributed by atoms with Gasteiger partial charge in [-0.15, -0.1) is 0 Å². The van der Waals surface area contributed by atoms with Crippen LogP contribution in [0, 0.1) is 10.8 Å². The minimum absolute atomic E-state index is 0.324. The van der Waals surface area contributed by atoms with Gasteiger partial charge >= 0.3 is 11.9 Å². The molecule has 0 radical (unpaired) electrons. The zero-order valence-electron chi connectivity index (χ0n) is 22.4. The number of carboxylic acid groups (broad SMARTS) is 1. The molecular formula is C26H52O6. The maximum absolute atomic E-state index is 11.5. The second kappa shape index (κ2) is 16.5. The molecule has 0 aliphatic carbocycles. The molecular weight excluding hydrogens is 408 g/mol. The van der Waals surface area contributed by atoms with Gasteiger partial charge in [0, 0.05) is 19.3 Å². The molecule has 192 valence electrons. The largest absolute Gasteiger partial charge is 0.481 e. The Bertz CT molecular complexity index is 497. The average Bonchev–Trinajstić information content (AvgIpc) is 2.56. The Balaban J connectivity index is 0. The third kappa shape index (κ3) is 28.9. The van der Waals surface area contributed by atoms with Crippen LogP contribution < -0.4 is 0 Å². The second-order valence-electron chi connectivity index (χ2n) is 12.0. The molecule has 0 aliphatic heterocycles. The lowest BCUT2D eigenvalue weighted by Gasteiger charge is -2.23. The summed E-state index contributed by atoms with van der Waals surface area (Å²) < 4.78 is 0. The van der Waals surface area contributed by atoms with E-state index in [0.29, 0.717) is 30.1 Å². The van der Waals surface area contributed by atoms with Crippen molar-refractivity contribution in [2.45, 2.75) is 145 Å². The molecule has 0 amide bonds. The molecule has 0 aromatic rings. The van der Waals surface area contributed by atoms with E-state index >= 15 is 0 Å². The van der Waals surface area contributed by atoms with Crippen LogP contribution in [0.15, 0.2) is 0 Å². The lowest BCUT2D eigenvalue weighted by Crippen LogP contribution is -2.30. The van der Waals surface area contributed by atoms with Crippen molar-refractivity contribution < 1.29 is 29.6 Å². The van der Waals surface area contributed by atoms with Gasteiger partial charge in [-0.25, -0.2) is 4.79 Å². The van der Waals surface area contributed by atoms with Crippen LogP contribution in [0.1, 0.15) is 133 Å². The number of unbranched alkanes of at least 4 members (excludes halogenated alkanes) is 4. The molecule has 0 saturated heterocycles. The Morgan fingerprint density at radius 1 is 0.750 bits per heavy atom. The number of carboxylic acids is 1. The van der Waals surface area contributed by atoms with Crippen molar-refractivity contribution in [1.29, 1.82) is 0 Å². The van der Waals surface area contributed by atoms with Gasteiger partial charge in [0.1, 0.15) is 5.60 Å². The van der Waals surface area contributed by atoms with E-state index in [1.807, 2.05) is 0 Å². The van der Waals surface area contributed by atoms with Crippen molar-refractivity contribution in [3.05, 3.63) is 0 Å². The van der Waals surface area contributed by atoms with E-state index in [-0.39, 0.29) is 5.97 Å². The van der Waals surface area contributed by atoms with Gasteiger partial charge in [0.05, 0.1) is 6.10 Å². The molecule has 2 N–H and O–H groups in total. The van der Waals surface area contributed by atoms with Crippen LogP contribution in [-0.2, 0) is 19.4 Å². The lowest BCUT2D eigenvalue weighted by molar-refractivity contribution is -0.328. The topological polar surface area (TPSA) is 93.1 Å². The molecule has 0 aliphatic rings. The zero-order chi connectivity index (χ0) is 25.4. The van der Waals surface area contributed by atoms with E-state index in [1.165, 1.54) is 12.8 Å². The number of carbonyl (C=O) groups is 2. The molecule has 0 fully saturated rings. The van der Waals surface area contributed by atoms with Crippen molar-refractivity contribution in [3.8, 4) is 0 Å². The minimum Gasteiger partial charge on any atom is -0.481 e. The van der Waals surface area contributed by atoms with Crippen LogP contribution in [0.3, 0.4) is 0 Å². The van der Waals surface area contributed by atoms with E-state index in [2.05, 4.69) is 41.5 Å². The lowest BCUT2D eigenvalue weighted by atomic mass is 9.89. The summed E-state index contributed by atoms with van der Waals surface area (Å²) in [6, 6.07) is 0. The number of rotatable bonds is 14. The van der Waals surface area contributed by atoms with Gasteiger partial charge < -0.3 is 10.2 Å². The molecule has 0 bridgehead atoms. The molecule has 1 unspecified atom stereocenters. The second-order valence-corrected chi connectivity index (χ2v) is 12.0. The van der Waals surface area contributed by atoms with Crippen LogP contribution in [0.25, 0.3) is 0 Å². The first kappa shape index (κ1) is 33.0. The zero-order valence-corrected chi connectivity index (χ0v) is 22.4. The van der Waals surface area contributed by atoms with Crippen LogP contribution in [0.4, 0.5) is 0 Å². The van der Waals surface area contributed by atoms with Gasteiger partial charge in [-0.05, 0) is 57.3 Å². The fourth-order valence-electron chi connectivity index (χ4n) is 3.16. The Labute approximate surface area is 197 Å². The van der Waals surface area contributed by atoms with Gasteiger partial charge in [0.2, 0.25) is 0 Å². The van der Waals surface area contributed by atoms with E-state index in [1.54, 1.807) is 20.8 Å². The van der Waals surface area contributed by atoms with Crippen LogP contribution in [-0.4, -0.2) is 33.9 Å². The smallest absolute Gasteiger partial charge is 0.342 e. The highest BCUT2D eigenvalue weighted by Crippen LogP contribution is 2.23. The third-order valence-electron chi connectivity index (χ3n) is 4.77. The van der Waals surface area contributed by atoms with Crippen molar-refractivity contribution in [2.24, 2.45) is 10.8 Å². The monoisotopic (exact) mass is 460 g/mol. The molecule has 1 atom stereocenters. The van der Waals surface area contributed by atoms with E-state index in [9.17, 15) is 14.7 Å². The molecule has 6 nitrogen and oxygen atoms in total. The van der Waals surface area contributed by atoms with E-state index in [4.69, 9.17) is 14.9 Å². The molecule has 6 heteroatoms. The standard InChI is InChI=1S/C16H32O4.C10H20O2/c1-13(17)12-16(5,6)20-19-14(18)10-8-7-9-11-15(2,3)4;1-10(2,3)8-6-4-5-7-9(11)12/h13,17H,7-12H2,1-6H3;4-8H2,1-3H3,(H,11,12). The summed E-state index contributed by atoms with van der Waals surface area (Å²) in [7, 11) is 0. The van der Waals surface area contributed by atoms with Crippen LogP contribution in [0.2, 0.25) is 0 Å². The first-order valence-electron chi connectivity index (χ1n) is 12.2. The summed E-state index contributed by atoms with van der Waals surface area (Å²) in [5, 5.41) is 17.7. The Morgan fingerprint density at radius 2 is 1.19 bits per heavy atom. The van der Waals surface area contributed by atoms with Crippen LogP contribution in [0.5, 0.6) is 0 Å². The van der Waals surface area contributed by atoms with Gasteiger partial charge in [-0.3, -0.25) is 9.68 Å². The van der Waals surface area contributed by atoms with Crippen LogP contribution >= 0.6 is 0 Å². The Hall–Kier alpha value is -1.14. The van der Waals surface area contributed by atoms with Gasteiger partial charge in [-0.2, -0.15) is 4.89 Å². The highest BCUT2D eigenvalue weighted by Gasteiger charge is 2.24. The van der Waals surface area contributed by atoms with Crippen molar-refractivity contribution >= 4 is 11.9 Å². The van der Waals surface area contributed by atoms with Gasteiger partial charge in [-0.1, -0.05) is 67.2 Å². The van der Waals surface area contributed by atoms with E-state index < -0.39 is 17.7 Å². The average molecular weight is 461 g/mol. The molecule has 0 rings (SSSR count). The fraction of sp³-hybridized carbons (Fsp3) is 0.923. The predicted octanol–water partition coefficient (Wildman–Crippen LogP) is 7.07. The minimum atomic E-state index is -0.675. The summed E-state index contributed by atoms with van der Waals surface area (Å²) in [4.78, 5) is 31.6. The van der Waals surface area contributed by atoms with Crippen molar-refractivity contribution in [1.82, 2.24) is 0 Å². The summed E-state index contributed by atoms with van der Waals surface area (Å²) in [6.45, 7) is 18.6. The van der Waals surface area contributed by atoms with Crippen molar-refractivity contribution in [2.75, 3.05) is 0 Å². The third-order valence-corrected chi connectivity index (χ3v) is 4.77. The summed E-state index contributed by atoms with van der Waals surface area (Å²) >= 11 is 0. The number of aliphatic hydroxyl groups excluding tert-OH is 1. The number of carbonyl (C=O) groups excluding carboxylic acids is 1. The fourth-order valence-corrected chi connectivity index (χ4v) is 3.16. The summed E-state index contributed by atoms with van der Waals surface area (Å²) in [6.07, 6.45) is 9.01. The number of aliphatic carboxylic acids is 1. The number of hydrogen-bond donors (Lipinski definition) is 2. The molecule has 0 heterocycles. The normalized spacial score (nSPS) is 13.2. The molecule has 32 heavy (non-hydrogen) atoms. The highest BCUT2D eigenvalue weighted by atomic mass is 17.2. The van der Waals surface area contributed by atoms with Crippen molar-refractivity contribution in [3.63, 3.8) is 0 Å². The van der Waals surface area contributed by atoms with Gasteiger partial charge in [0.15, 0.2) is 0 Å². The quantitative estimate of drug-likeness (QED) is 0.163. The maximum atomic E-state index is 11.5. The molecule has 0 aromatic carbocycles. The maximum Gasteiger partial charge on any atom is 0.342 e. The Morgan fingerprint density at radius 3 is 1.56 bits per heavy atom. The van der Waals surface area contributed by atoms with E-state index in [0.717, 1.165) is 38.5 Å². The summed E-state index contributed by atoms with van der Waals surface area (Å²) in [5.74, 6) is -1.01. The molecule has 0 aromatic heterocycles. The first-order valence-corrected chi connectivity index (χ1v) is 12.2. The molecule has 0 saturated carbocycles. The summed E-state index contributed by atoms with van der Waals surface area (Å²) in [5.41, 5.74) is 0.0912. The van der Waals surface area contributed by atoms with Gasteiger partial charge in [0.25, 0.3) is 0 Å². The Kier molecular flexibility index (Phi) is 17.0. The highest BCUT2D eigenvalue weighted by molar-refractivity contribution is 5.68. The number of hydrogen-bond acceptors (Lipinski definition) is 5. The SMILES string of the molecule is CC(C)(C)CCCCCC(=O)O.CC(O)CC(C)(C)OOC(=O)CCCCCC(C)(C)C. The predicted molar refractivity (Wildman–Crippen MR) is 130 cm³/mol. The molecule has 0 spiro atoms.